The fraction of sp³-hybridized carbons (Fsp3) is 0.389. The van der Waals surface area contributed by atoms with Crippen LogP contribution in [-0.2, 0) is 30.4 Å². The number of carbonyl (C=O) groups is 1. The van der Waals surface area contributed by atoms with Gasteiger partial charge in [-0.15, -0.1) is 0 Å². The van der Waals surface area contributed by atoms with E-state index >= 15 is 0 Å². The second-order valence-corrected chi connectivity index (χ2v) is 6.89. The first-order chi connectivity index (χ1) is 13.2. The fourth-order valence-corrected chi connectivity index (χ4v) is 3.24. The van der Waals surface area contributed by atoms with Gasteiger partial charge in [0.15, 0.2) is 12.3 Å². The lowest BCUT2D eigenvalue weighted by Crippen LogP contribution is -2.54. The minimum Gasteiger partial charge on any atom is -0.481 e. The molecule has 1 heterocycles. The Morgan fingerprint density at radius 1 is 1.25 bits per heavy atom. The van der Waals surface area contributed by atoms with Gasteiger partial charge in [0.1, 0.15) is 12.3 Å². The molecule has 1 aliphatic carbocycles. The van der Waals surface area contributed by atoms with Gasteiger partial charge in [0.05, 0.1) is 0 Å². The maximum atomic E-state index is 13.2. The summed E-state index contributed by atoms with van der Waals surface area (Å²) in [6, 6.07) is 6.58. The summed E-state index contributed by atoms with van der Waals surface area (Å²) in [5.41, 5.74) is -0.252. The van der Waals surface area contributed by atoms with Gasteiger partial charge in [0, 0.05) is 16.3 Å². The van der Waals surface area contributed by atoms with E-state index in [-0.39, 0.29) is 24.6 Å². The number of hydrogen-bond donors (Lipinski definition) is 2. The largest absolute Gasteiger partial charge is 0.481 e. The number of nitrogens with one attached hydrogen (secondary N) is 1. The van der Waals surface area contributed by atoms with E-state index in [2.05, 4.69) is 10.4 Å². The Hall–Kier alpha value is -2.55. The number of ether oxygens (including phenoxy) is 1. The number of amidine groups is 1. The zero-order chi connectivity index (χ0) is 20.3. The molecule has 0 radical (unpaired) electrons. The summed E-state index contributed by atoms with van der Waals surface area (Å²) in [6.07, 6.45) is -2.32. The first kappa shape index (κ1) is 20.2. The molecule has 0 unspecified atom stereocenters. The minimum atomic E-state index is -4.54. The number of carbonyl (C=O) groups excluding carboxylic acids is 1. The average Bonchev–Trinajstić information content (AvgIpc) is 3.00. The van der Waals surface area contributed by atoms with E-state index < -0.39 is 17.8 Å². The smallest absolute Gasteiger partial charge is 0.435 e. The molecule has 3 rings (SSSR count). The van der Waals surface area contributed by atoms with Gasteiger partial charge >= 0.3 is 12.1 Å². The van der Waals surface area contributed by atoms with Gasteiger partial charge in [-0.05, 0) is 49.9 Å². The number of benzene rings is 1. The van der Waals surface area contributed by atoms with Crippen LogP contribution in [0.3, 0.4) is 0 Å². The van der Waals surface area contributed by atoms with Crippen LogP contribution in [-0.4, -0.2) is 28.1 Å². The van der Waals surface area contributed by atoms with Crippen molar-refractivity contribution in [1.82, 2.24) is 15.1 Å². The highest BCUT2D eigenvalue weighted by molar-refractivity contribution is 6.30. The van der Waals surface area contributed by atoms with E-state index in [1.165, 1.54) is 0 Å². The van der Waals surface area contributed by atoms with Gasteiger partial charge < -0.3 is 4.74 Å². The molecule has 0 saturated carbocycles. The molecule has 0 atom stereocenters. The van der Waals surface area contributed by atoms with Crippen molar-refractivity contribution < 1.29 is 28.1 Å². The molecule has 0 aliphatic heterocycles. The van der Waals surface area contributed by atoms with Gasteiger partial charge in [-0.25, -0.2) is 10.1 Å². The molecule has 1 aromatic heterocycles. The first-order valence-corrected chi connectivity index (χ1v) is 9.07. The molecule has 150 valence electrons. The summed E-state index contributed by atoms with van der Waals surface area (Å²) in [4.78, 5) is 12.2. The number of fused-ring (bicyclic) bond motifs is 1. The van der Waals surface area contributed by atoms with Crippen molar-refractivity contribution in [1.29, 1.82) is 0 Å². The standard InChI is InChI=1S/C18H18ClF3N4O2/c19-11-5-7-12(8-6-11)28-10-15(23)24-16(27)9-26-14-4-2-1-3-13(14)17(25-26)18(20,21)22/h5-8H,1-4,9-10H2,(H2,23,24,27)/p+1. The predicted molar refractivity (Wildman–Crippen MR) is 95.9 cm³/mol. The molecule has 3 N–H and O–H groups in total. The second-order valence-electron chi connectivity index (χ2n) is 6.45. The molecule has 0 spiro atoms. The summed E-state index contributed by atoms with van der Waals surface area (Å²) in [5.74, 6) is -0.0172. The molecule has 0 fully saturated rings. The molecule has 6 nitrogen and oxygen atoms in total. The number of amides is 1. The lowest BCUT2D eigenvalue weighted by atomic mass is 9.95. The lowest BCUT2D eigenvalue weighted by Gasteiger charge is -2.14. The normalized spacial score (nSPS) is 13.7. The topological polar surface area (TPSA) is 81.7 Å². The molecule has 1 amide bonds. The fourth-order valence-electron chi connectivity index (χ4n) is 3.11. The predicted octanol–water partition coefficient (Wildman–Crippen LogP) is 1.79. The van der Waals surface area contributed by atoms with Crippen molar-refractivity contribution in [2.75, 3.05) is 6.61 Å². The van der Waals surface area contributed by atoms with Crippen molar-refractivity contribution in [3.8, 4) is 5.75 Å². The van der Waals surface area contributed by atoms with Crippen LogP contribution in [0.15, 0.2) is 24.3 Å². The SMILES string of the molecule is [NH2+]=C(COc1ccc(Cl)cc1)NC(=O)Cn1nc(C(F)(F)F)c2c1CCCC2. The van der Waals surface area contributed by atoms with E-state index in [9.17, 15) is 18.0 Å². The summed E-state index contributed by atoms with van der Waals surface area (Å²) in [5, 5.41) is 12.4. The number of aromatic nitrogens is 2. The number of nitrogens with two attached hydrogens (primary N) is 1. The third kappa shape index (κ3) is 4.83. The van der Waals surface area contributed by atoms with Crippen LogP contribution in [0.25, 0.3) is 0 Å². The van der Waals surface area contributed by atoms with Crippen LogP contribution < -0.4 is 15.5 Å². The van der Waals surface area contributed by atoms with Gasteiger partial charge in [-0.3, -0.25) is 10.1 Å². The van der Waals surface area contributed by atoms with Crippen molar-refractivity contribution in [2.24, 2.45) is 0 Å². The summed E-state index contributed by atoms with van der Waals surface area (Å²) in [6.45, 7) is -0.432. The Balaban J connectivity index is 1.61. The van der Waals surface area contributed by atoms with Gasteiger partial charge in [-0.1, -0.05) is 11.6 Å². The summed E-state index contributed by atoms with van der Waals surface area (Å²) >= 11 is 5.78. The van der Waals surface area contributed by atoms with E-state index in [0.717, 1.165) is 11.1 Å². The van der Waals surface area contributed by atoms with E-state index in [1.807, 2.05) is 0 Å². The molecule has 28 heavy (non-hydrogen) atoms. The Morgan fingerprint density at radius 3 is 2.61 bits per heavy atom. The number of nitrogens with zero attached hydrogens (tertiary/aromatic N) is 2. The number of rotatable bonds is 5. The Morgan fingerprint density at radius 2 is 1.93 bits per heavy atom. The van der Waals surface area contributed by atoms with Gasteiger partial charge in [0.2, 0.25) is 0 Å². The van der Waals surface area contributed by atoms with Crippen molar-refractivity contribution >= 4 is 23.3 Å². The highest BCUT2D eigenvalue weighted by Crippen LogP contribution is 2.35. The Kier molecular flexibility index (Phi) is 5.93. The monoisotopic (exact) mass is 415 g/mol. The van der Waals surface area contributed by atoms with Crippen LogP contribution in [0, 0.1) is 0 Å². The molecule has 1 aromatic carbocycles. The van der Waals surface area contributed by atoms with Crippen LogP contribution in [0.5, 0.6) is 5.75 Å². The minimum absolute atomic E-state index is 0.0389. The molecular weight excluding hydrogens is 397 g/mol. The molecule has 2 aromatic rings. The number of alkyl halides is 3. The second kappa shape index (κ2) is 8.22. The van der Waals surface area contributed by atoms with Crippen molar-refractivity contribution in [3.63, 3.8) is 0 Å². The molecule has 1 aliphatic rings. The molecule has 0 saturated heterocycles. The highest BCUT2D eigenvalue weighted by Gasteiger charge is 2.39. The van der Waals surface area contributed by atoms with Crippen molar-refractivity contribution in [2.45, 2.75) is 38.4 Å². The van der Waals surface area contributed by atoms with Gasteiger partial charge in [-0.2, -0.15) is 18.3 Å². The van der Waals surface area contributed by atoms with E-state index in [4.69, 9.17) is 21.7 Å². The maximum Gasteiger partial charge on any atom is 0.435 e. The van der Waals surface area contributed by atoms with E-state index in [1.54, 1.807) is 24.3 Å². The number of hydrogen-bond acceptors (Lipinski definition) is 3. The third-order valence-corrected chi connectivity index (χ3v) is 4.58. The molecular formula is C18H19ClF3N4O2+. The van der Waals surface area contributed by atoms with Crippen molar-refractivity contribution in [3.05, 3.63) is 46.2 Å². The van der Waals surface area contributed by atoms with Crippen LogP contribution >= 0.6 is 11.6 Å². The number of halogens is 4. The summed E-state index contributed by atoms with van der Waals surface area (Å²) < 4.78 is 46.1. The zero-order valence-corrected chi connectivity index (χ0v) is 15.6. The Bertz CT molecular complexity index is 878. The quantitative estimate of drug-likeness (QED) is 0.577. The maximum absolute atomic E-state index is 13.2. The summed E-state index contributed by atoms with van der Waals surface area (Å²) in [7, 11) is 0. The van der Waals surface area contributed by atoms with Crippen LogP contribution in [0.1, 0.15) is 29.8 Å². The molecule has 10 heteroatoms. The van der Waals surface area contributed by atoms with Gasteiger partial charge in [0.25, 0.3) is 5.84 Å². The van der Waals surface area contributed by atoms with Crippen LogP contribution in [0.2, 0.25) is 5.02 Å². The van der Waals surface area contributed by atoms with Crippen LogP contribution in [0.4, 0.5) is 13.2 Å². The molecule has 0 bridgehead atoms. The zero-order valence-electron chi connectivity index (χ0n) is 14.9. The highest BCUT2D eigenvalue weighted by atomic mass is 35.5. The third-order valence-electron chi connectivity index (χ3n) is 4.33. The first-order valence-electron chi connectivity index (χ1n) is 8.69. The van der Waals surface area contributed by atoms with E-state index in [0.29, 0.717) is 35.7 Å². The Labute approximate surface area is 164 Å². The lowest BCUT2D eigenvalue weighted by molar-refractivity contribution is -0.142. The average molecular weight is 416 g/mol.